The first-order valence-electron chi connectivity index (χ1n) is 8.57. The molecule has 0 amide bonds. The zero-order valence-corrected chi connectivity index (χ0v) is 15.1. The number of aryl methyl sites for hydroxylation is 1. The second-order valence-electron chi connectivity index (χ2n) is 6.38. The van der Waals surface area contributed by atoms with Gasteiger partial charge in [-0.05, 0) is 24.6 Å². The van der Waals surface area contributed by atoms with Gasteiger partial charge in [0.25, 0.3) is 0 Å². The third-order valence-electron chi connectivity index (χ3n) is 4.60. The van der Waals surface area contributed by atoms with Crippen LogP contribution in [-0.2, 0) is 0 Å². The zero-order chi connectivity index (χ0) is 20.7. The molecule has 29 heavy (non-hydrogen) atoms. The first-order valence-corrected chi connectivity index (χ1v) is 8.57. The summed E-state index contributed by atoms with van der Waals surface area (Å²) in [6, 6.07) is 14.6. The van der Waals surface area contributed by atoms with E-state index in [0.717, 1.165) is 4.52 Å². The topological polar surface area (TPSA) is 131 Å². The van der Waals surface area contributed by atoms with Crippen LogP contribution < -0.4 is 5.56 Å². The number of aromatic nitrogens is 3. The third kappa shape index (κ3) is 2.94. The molecule has 0 fully saturated rings. The average molecular weight is 390 g/mol. The molecular formula is C20H14N4O5. The lowest BCUT2D eigenvalue weighted by Crippen LogP contribution is -2.20. The van der Waals surface area contributed by atoms with Crippen LogP contribution in [-0.4, -0.2) is 30.6 Å². The number of carboxylic acids is 1. The molecule has 2 heterocycles. The van der Waals surface area contributed by atoms with Crippen LogP contribution in [0.5, 0.6) is 0 Å². The molecule has 0 unspecified atom stereocenters. The van der Waals surface area contributed by atoms with Crippen LogP contribution in [0.4, 0.5) is 5.69 Å². The molecule has 2 aromatic carbocycles. The van der Waals surface area contributed by atoms with E-state index < -0.39 is 22.1 Å². The number of H-pyrrole nitrogens is 1. The fourth-order valence-corrected chi connectivity index (χ4v) is 3.28. The number of carbonyl (C=O) groups is 1. The van der Waals surface area contributed by atoms with Gasteiger partial charge in [0.05, 0.1) is 16.2 Å². The van der Waals surface area contributed by atoms with E-state index in [4.69, 9.17) is 5.11 Å². The van der Waals surface area contributed by atoms with Gasteiger partial charge in [0.15, 0.2) is 0 Å². The molecule has 0 aliphatic carbocycles. The summed E-state index contributed by atoms with van der Waals surface area (Å²) in [5.74, 6) is -1.05. The Morgan fingerprint density at radius 1 is 1.10 bits per heavy atom. The van der Waals surface area contributed by atoms with Gasteiger partial charge in [0, 0.05) is 11.1 Å². The molecule has 4 aromatic rings. The molecule has 0 radical (unpaired) electrons. The Kier molecular flexibility index (Phi) is 4.19. The van der Waals surface area contributed by atoms with Crippen LogP contribution in [0.15, 0.2) is 59.4 Å². The molecule has 0 saturated carbocycles. The summed E-state index contributed by atoms with van der Waals surface area (Å²) < 4.78 is 0.973. The van der Waals surface area contributed by atoms with E-state index in [1.165, 1.54) is 12.1 Å². The van der Waals surface area contributed by atoms with Crippen molar-refractivity contribution < 1.29 is 14.8 Å². The second kappa shape index (κ2) is 6.71. The van der Waals surface area contributed by atoms with Gasteiger partial charge in [-0.3, -0.25) is 14.9 Å². The van der Waals surface area contributed by atoms with E-state index in [1.807, 2.05) is 0 Å². The second-order valence-corrected chi connectivity index (χ2v) is 6.38. The SMILES string of the molecule is Cc1nn2c(=O)c([N+](=O)[O-])c(-c3ccccc3)[nH]c2c1-c1ccc(C(=O)O)cc1. The van der Waals surface area contributed by atoms with Crippen molar-refractivity contribution in [3.63, 3.8) is 0 Å². The van der Waals surface area contributed by atoms with Gasteiger partial charge in [-0.2, -0.15) is 9.61 Å². The summed E-state index contributed by atoms with van der Waals surface area (Å²) in [6.07, 6.45) is 0. The van der Waals surface area contributed by atoms with Crippen molar-refractivity contribution in [3.8, 4) is 22.4 Å². The van der Waals surface area contributed by atoms with Crippen LogP contribution in [0, 0.1) is 17.0 Å². The van der Waals surface area contributed by atoms with E-state index in [9.17, 15) is 19.7 Å². The molecule has 9 heteroatoms. The number of benzene rings is 2. The van der Waals surface area contributed by atoms with E-state index in [1.54, 1.807) is 49.4 Å². The Hall–Kier alpha value is -4.27. The lowest BCUT2D eigenvalue weighted by molar-refractivity contribution is -0.385. The number of nitro groups is 1. The number of aromatic carboxylic acids is 1. The number of aromatic amines is 1. The van der Waals surface area contributed by atoms with Crippen molar-refractivity contribution in [2.24, 2.45) is 0 Å². The van der Waals surface area contributed by atoms with Crippen LogP contribution >= 0.6 is 0 Å². The third-order valence-corrected chi connectivity index (χ3v) is 4.60. The van der Waals surface area contributed by atoms with Crippen LogP contribution in [0.25, 0.3) is 28.0 Å². The minimum absolute atomic E-state index is 0.0800. The highest BCUT2D eigenvalue weighted by Gasteiger charge is 2.27. The number of nitrogens with one attached hydrogen (secondary N) is 1. The predicted molar refractivity (Wildman–Crippen MR) is 105 cm³/mol. The normalized spacial score (nSPS) is 10.9. The molecular weight excluding hydrogens is 376 g/mol. The van der Waals surface area contributed by atoms with Crippen molar-refractivity contribution in [1.29, 1.82) is 0 Å². The quantitative estimate of drug-likeness (QED) is 0.406. The summed E-state index contributed by atoms with van der Waals surface area (Å²) in [7, 11) is 0. The number of fused-ring (bicyclic) bond motifs is 1. The Balaban J connectivity index is 2.04. The number of rotatable bonds is 4. The van der Waals surface area contributed by atoms with Gasteiger partial charge in [0.1, 0.15) is 11.3 Å². The van der Waals surface area contributed by atoms with Gasteiger partial charge >= 0.3 is 17.2 Å². The molecule has 2 N–H and O–H groups in total. The van der Waals surface area contributed by atoms with E-state index in [0.29, 0.717) is 28.0 Å². The minimum atomic E-state index is -1.05. The first kappa shape index (κ1) is 18.1. The molecule has 4 rings (SSSR count). The number of nitrogens with zero attached hydrogens (tertiary/aromatic N) is 3. The lowest BCUT2D eigenvalue weighted by Gasteiger charge is -2.06. The molecule has 144 valence electrons. The Morgan fingerprint density at radius 3 is 2.34 bits per heavy atom. The molecule has 2 aromatic heterocycles. The molecule has 9 nitrogen and oxygen atoms in total. The maximum Gasteiger partial charge on any atom is 0.359 e. The summed E-state index contributed by atoms with van der Waals surface area (Å²) in [4.78, 5) is 37.9. The standard InChI is InChI=1S/C20H14N4O5/c1-11-15(12-7-9-14(10-8-12)20(26)27)18-21-16(13-5-3-2-4-6-13)17(24(28)29)19(25)23(18)22-11/h2-10,21H,1H3,(H,26,27). The largest absolute Gasteiger partial charge is 0.478 e. The fourth-order valence-electron chi connectivity index (χ4n) is 3.28. The maximum atomic E-state index is 12.9. The Bertz CT molecular complexity index is 1320. The maximum absolute atomic E-state index is 12.9. The number of carboxylic acid groups (broad SMARTS) is 1. The summed E-state index contributed by atoms with van der Waals surface area (Å²) in [5.41, 5.74) is 1.20. The van der Waals surface area contributed by atoms with Crippen molar-refractivity contribution >= 4 is 17.3 Å². The summed E-state index contributed by atoms with van der Waals surface area (Å²) in [6.45, 7) is 1.68. The molecule has 0 atom stereocenters. The van der Waals surface area contributed by atoms with E-state index >= 15 is 0 Å². The monoisotopic (exact) mass is 390 g/mol. The molecule has 0 bridgehead atoms. The predicted octanol–water partition coefficient (Wildman–Crippen LogP) is 3.27. The highest BCUT2D eigenvalue weighted by molar-refractivity contribution is 5.89. The van der Waals surface area contributed by atoms with Gasteiger partial charge in [-0.25, -0.2) is 4.79 Å². The smallest absolute Gasteiger partial charge is 0.359 e. The average Bonchev–Trinajstić information content (AvgIpc) is 3.04. The van der Waals surface area contributed by atoms with E-state index in [-0.39, 0.29) is 11.3 Å². The first-order chi connectivity index (χ1) is 13.9. The number of hydrogen-bond donors (Lipinski definition) is 2. The van der Waals surface area contributed by atoms with Crippen LogP contribution in [0.3, 0.4) is 0 Å². The van der Waals surface area contributed by atoms with Crippen molar-refractivity contribution in [3.05, 3.63) is 86.3 Å². The van der Waals surface area contributed by atoms with Gasteiger partial charge in [0.2, 0.25) is 0 Å². The Labute approximate surface area is 163 Å². The molecule has 0 aliphatic rings. The fraction of sp³-hybridized carbons (Fsp3) is 0.0500. The highest BCUT2D eigenvalue weighted by atomic mass is 16.6. The van der Waals surface area contributed by atoms with Crippen LogP contribution in [0.1, 0.15) is 16.1 Å². The van der Waals surface area contributed by atoms with E-state index in [2.05, 4.69) is 10.1 Å². The highest BCUT2D eigenvalue weighted by Crippen LogP contribution is 2.31. The van der Waals surface area contributed by atoms with Crippen molar-refractivity contribution in [2.45, 2.75) is 6.92 Å². The molecule has 0 spiro atoms. The Morgan fingerprint density at radius 2 is 1.76 bits per heavy atom. The van der Waals surface area contributed by atoms with Crippen LogP contribution in [0.2, 0.25) is 0 Å². The van der Waals surface area contributed by atoms with Gasteiger partial charge in [-0.15, -0.1) is 0 Å². The summed E-state index contributed by atoms with van der Waals surface area (Å²) >= 11 is 0. The van der Waals surface area contributed by atoms with Crippen molar-refractivity contribution in [2.75, 3.05) is 0 Å². The van der Waals surface area contributed by atoms with Gasteiger partial charge < -0.3 is 10.1 Å². The molecule has 0 saturated heterocycles. The van der Waals surface area contributed by atoms with Crippen molar-refractivity contribution in [1.82, 2.24) is 14.6 Å². The molecule has 0 aliphatic heterocycles. The lowest BCUT2D eigenvalue weighted by atomic mass is 10.0. The minimum Gasteiger partial charge on any atom is -0.478 e. The zero-order valence-electron chi connectivity index (χ0n) is 15.1. The van der Waals surface area contributed by atoms with Gasteiger partial charge in [-0.1, -0.05) is 42.5 Å². The summed E-state index contributed by atoms with van der Waals surface area (Å²) in [5, 5.41) is 24.9. The number of hydrogen-bond acceptors (Lipinski definition) is 5.